The van der Waals surface area contributed by atoms with Crippen molar-refractivity contribution in [1.82, 2.24) is 20.0 Å². The molecule has 1 amide bonds. The number of nitrogens with one attached hydrogen (secondary N) is 1. The Hall–Kier alpha value is -2.18. The van der Waals surface area contributed by atoms with E-state index in [0.717, 1.165) is 25.4 Å². The minimum atomic E-state index is 0.0407. The smallest absolute Gasteiger partial charge is 0.257 e. The SMILES string of the molecule is Cc1[nH]ncc1C(=O)N1CC2OCCN(Cc3ccccc3)C2C1. The largest absolute Gasteiger partial charge is 0.373 e. The molecule has 2 aromatic rings. The van der Waals surface area contributed by atoms with Crippen molar-refractivity contribution in [2.45, 2.75) is 25.6 Å². The van der Waals surface area contributed by atoms with E-state index in [1.165, 1.54) is 5.56 Å². The van der Waals surface area contributed by atoms with Crippen LogP contribution in [0.25, 0.3) is 0 Å². The van der Waals surface area contributed by atoms with Crippen LogP contribution in [0.1, 0.15) is 21.6 Å². The number of carbonyl (C=O) groups excluding carboxylic acids is 1. The first kappa shape index (κ1) is 15.4. The van der Waals surface area contributed by atoms with Crippen LogP contribution < -0.4 is 0 Å². The first-order valence-electron chi connectivity index (χ1n) is 8.41. The third-order valence-electron chi connectivity index (χ3n) is 4.99. The third kappa shape index (κ3) is 2.83. The van der Waals surface area contributed by atoms with E-state index in [-0.39, 0.29) is 18.1 Å². The van der Waals surface area contributed by atoms with E-state index in [9.17, 15) is 4.79 Å². The zero-order valence-electron chi connectivity index (χ0n) is 13.8. The first-order valence-corrected chi connectivity index (χ1v) is 8.41. The molecule has 6 heteroatoms. The number of hydrogen-bond acceptors (Lipinski definition) is 4. The van der Waals surface area contributed by atoms with Crippen molar-refractivity contribution < 1.29 is 9.53 Å². The normalized spacial score (nSPS) is 24.1. The van der Waals surface area contributed by atoms with E-state index in [4.69, 9.17) is 4.74 Å². The van der Waals surface area contributed by atoms with Gasteiger partial charge in [-0.25, -0.2) is 0 Å². The van der Waals surface area contributed by atoms with Crippen molar-refractivity contribution in [1.29, 1.82) is 0 Å². The quantitative estimate of drug-likeness (QED) is 0.927. The summed E-state index contributed by atoms with van der Waals surface area (Å²) < 4.78 is 5.94. The lowest BCUT2D eigenvalue weighted by Gasteiger charge is -2.36. The van der Waals surface area contributed by atoms with Crippen molar-refractivity contribution in [3.05, 3.63) is 53.3 Å². The van der Waals surface area contributed by atoms with E-state index in [1.54, 1.807) is 6.20 Å². The summed E-state index contributed by atoms with van der Waals surface area (Å²) in [5.41, 5.74) is 2.77. The molecule has 126 valence electrons. The van der Waals surface area contributed by atoms with Gasteiger partial charge in [-0.05, 0) is 12.5 Å². The van der Waals surface area contributed by atoms with Gasteiger partial charge in [0.1, 0.15) is 0 Å². The number of aromatic nitrogens is 2. The molecule has 2 fully saturated rings. The molecule has 4 rings (SSSR count). The number of rotatable bonds is 3. The Morgan fingerprint density at radius 3 is 2.92 bits per heavy atom. The molecule has 1 aromatic heterocycles. The van der Waals surface area contributed by atoms with Crippen LogP contribution in [-0.2, 0) is 11.3 Å². The molecule has 0 saturated carbocycles. The summed E-state index contributed by atoms with van der Waals surface area (Å²) in [4.78, 5) is 17.1. The molecule has 2 aliphatic rings. The maximum atomic E-state index is 12.7. The molecule has 24 heavy (non-hydrogen) atoms. The minimum Gasteiger partial charge on any atom is -0.373 e. The van der Waals surface area contributed by atoms with Gasteiger partial charge in [-0.2, -0.15) is 5.10 Å². The maximum absolute atomic E-state index is 12.7. The molecule has 2 unspecified atom stereocenters. The van der Waals surface area contributed by atoms with E-state index in [0.29, 0.717) is 18.7 Å². The molecular formula is C18H22N4O2. The predicted octanol–water partition coefficient (Wildman–Crippen LogP) is 1.44. The highest BCUT2D eigenvalue weighted by Gasteiger charge is 2.42. The number of H-pyrrole nitrogens is 1. The molecule has 2 aliphatic heterocycles. The summed E-state index contributed by atoms with van der Waals surface area (Å²) in [7, 11) is 0. The Balaban J connectivity index is 1.48. The highest BCUT2D eigenvalue weighted by molar-refractivity contribution is 5.95. The summed E-state index contributed by atoms with van der Waals surface area (Å²) in [6, 6.07) is 10.7. The molecule has 2 atom stereocenters. The highest BCUT2D eigenvalue weighted by Crippen LogP contribution is 2.26. The number of ether oxygens (including phenoxy) is 1. The van der Waals surface area contributed by atoms with Gasteiger partial charge < -0.3 is 9.64 Å². The molecule has 3 heterocycles. The predicted molar refractivity (Wildman–Crippen MR) is 89.6 cm³/mol. The van der Waals surface area contributed by atoms with Gasteiger partial charge in [-0.3, -0.25) is 14.8 Å². The standard InChI is InChI=1S/C18H22N4O2/c1-13-15(9-19-20-13)18(23)22-11-16-17(12-22)24-8-7-21(16)10-14-5-3-2-4-6-14/h2-6,9,16-17H,7-8,10-12H2,1H3,(H,19,20). The second kappa shape index (κ2) is 6.37. The van der Waals surface area contributed by atoms with Gasteiger partial charge in [0.25, 0.3) is 5.91 Å². The number of hydrogen-bond donors (Lipinski definition) is 1. The minimum absolute atomic E-state index is 0.0407. The van der Waals surface area contributed by atoms with Gasteiger partial charge in [0.2, 0.25) is 0 Å². The number of aryl methyl sites for hydroxylation is 1. The van der Waals surface area contributed by atoms with Crippen LogP contribution in [0.4, 0.5) is 0 Å². The van der Waals surface area contributed by atoms with Gasteiger partial charge in [0.15, 0.2) is 0 Å². The molecule has 0 radical (unpaired) electrons. The molecule has 0 spiro atoms. The van der Waals surface area contributed by atoms with Gasteiger partial charge in [-0.1, -0.05) is 30.3 Å². The summed E-state index contributed by atoms with van der Waals surface area (Å²) in [6.07, 6.45) is 1.71. The van der Waals surface area contributed by atoms with Crippen LogP contribution in [0.5, 0.6) is 0 Å². The number of fused-ring (bicyclic) bond motifs is 1. The average Bonchev–Trinajstić information content (AvgIpc) is 3.22. The second-order valence-corrected chi connectivity index (χ2v) is 6.55. The Morgan fingerprint density at radius 2 is 2.17 bits per heavy atom. The number of nitrogens with zero attached hydrogens (tertiary/aromatic N) is 3. The fourth-order valence-corrected chi connectivity index (χ4v) is 3.68. The van der Waals surface area contributed by atoms with Gasteiger partial charge in [-0.15, -0.1) is 0 Å². The topological polar surface area (TPSA) is 61.5 Å². The molecular weight excluding hydrogens is 304 g/mol. The van der Waals surface area contributed by atoms with Crippen LogP contribution in [0, 0.1) is 6.92 Å². The van der Waals surface area contributed by atoms with Crippen LogP contribution in [0.2, 0.25) is 0 Å². The Morgan fingerprint density at radius 1 is 1.33 bits per heavy atom. The fourth-order valence-electron chi connectivity index (χ4n) is 3.68. The van der Waals surface area contributed by atoms with E-state index in [1.807, 2.05) is 17.9 Å². The molecule has 1 aromatic carbocycles. The summed E-state index contributed by atoms with van der Waals surface area (Å²) >= 11 is 0. The zero-order valence-corrected chi connectivity index (χ0v) is 13.8. The molecule has 6 nitrogen and oxygen atoms in total. The highest BCUT2D eigenvalue weighted by atomic mass is 16.5. The van der Waals surface area contributed by atoms with E-state index < -0.39 is 0 Å². The first-order chi connectivity index (χ1) is 11.7. The summed E-state index contributed by atoms with van der Waals surface area (Å²) in [6.45, 7) is 5.77. The number of amides is 1. The number of morpholine rings is 1. The van der Waals surface area contributed by atoms with E-state index in [2.05, 4.69) is 39.4 Å². The van der Waals surface area contributed by atoms with Gasteiger partial charge >= 0.3 is 0 Å². The lowest BCUT2D eigenvalue weighted by molar-refractivity contribution is -0.0503. The molecule has 2 saturated heterocycles. The number of carbonyl (C=O) groups is 1. The summed E-state index contributed by atoms with van der Waals surface area (Å²) in [5, 5.41) is 6.80. The third-order valence-corrected chi connectivity index (χ3v) is 4.99. The van der Waals surface area contributed by atoms with Crippen LogP contribution >= 0.6 is 0 Å². The molecule has 0 aliphatic carbocycles. The van der Waals surface area contributed by atoms with Crippen molar-refractivity contribution in [2.24, 2.45) is 0 Å². The maximum Gasteiger partial charge on any atom is 0.257 e. The van der Waals surface area contributed by atoms with Gasteiger partial charge in [0.05, 0.1) is 30.5 Å². The summed E-state index contributed by atoms with van der Waals surface area (Å²) in [5.74, 6) is 0.0407. The number of benzene rings is 1. The van der Waals surface area contributed by atoms with Crippen molar-refractivity contribution in [3.63, 3.8) is 0 Å². The Bertz CT molecular complexity index is 715. The molecule has 0 bridgehead atoms. The lowest BCUT2D eigenvalue weighted by atomic mass is 10.1. The Labute approximate surface area is 141 Å². The van der Waals surface area contributed by atoms with Crippen LogP contribution in [0.15, 0.2) is 36.5 Å². The fraction of sp³-hybridized carbons (Fsp3) is 0.444. The van der Waals surface area contributed by atoms with Gasteiger partial charge in [0, 0.05) is 31.9 Å². The Kier molecular flexibility index (Phi) is 4.08. The number of aromatic amines is 1. The monoisotopic (exact) mass is 326 g/mol. The van der Waals surface area contributed by atoms with Crippen LogP contribution in [0.3, 0.4) is 0 Å². The zero-order chi connectivity index (χ0) is 16.5. The van der Waals surface area contributed by atoms with Crippen LogP contribution in [-0.4, -0.2) is 64.3 Å². The van der Waals surface area contributed by atoms with E-state index >= 15 is 0 Å². The number of likely N-dealkylation sites (tertiary alicyclic amines) is 1. The van der Waals surface area contributed by atoms with Crippen molar-refractivity contribution >= 4 is 5.91 Å². The molecule has 1 N–H and O–H groups in total. The van der Waals surface area contributed by atoms with Crippen molar-refractivity contribution in [2.75, 3.05) is 26.2 Å². The average molecular weight is 326 g/mol. The lowest BCUT2D eigenvalue weighted by Crippen LogP contribution is -2.50. The second-order valence-electron chi connectivity index (χ2n) is 6.55. The van der Waals surface area contributed by atoms with Crippen molar-refractivity contribution in [3.8, 4) is 0 Å².